The number of nitrogens with zero attached hydrogens (tertiary/aromatic N) is 2. The van der Waals surface area contributed by atoms with Crippen LogP contribution in [0.25, 0.3) is 0 Å². The largest absolute Gasteiger partial charge is 0.330 e. The van der Waals surface area contributed by atoms with E-state index in [9.17, 15) is 18.0 Å². The topological polar surface area (TPSA) is 86.8 Å². The Hall–Kier alpha value is -1.93. The maximum atomic E-state index is 13.8. The summed E-state index contributed by atoms with van der Waals surface area (Å²) in [4.78, 5) is 29.1. The van der Waals surface area contributed by atoms with E-state index in [4.69, 9.17) is 0 Å². The molecule has 6 rings (SSSR count). The first-order valence-electron chi connectivity index (χ1n) is 12.2. The van der Waals surface area contributed by atoms with E-state index in [1.54, 1.807) is 19.1 Å². The van der Waals surface area contributed by atoms with Crippen molar-refractivity contribution < 1.29 is 18.0 Å². The highest BCUT2D eigenvalue weighted by Crippen LogP contribution is 2.60. The summed E-state index contributed by atoms with van der Waals surface area (Å²) in [6.45, 7) is 2.37. The van der Waals surface area contributed by atoms with Crippen LogP contribution < -0.4 is 5.32 Å². The summed E-state index contributed by atoms with van der Waals surface area (Å²) in [6, 6.07) is 4.46. The van der Waals surface area contributed by atoms with Crippen molar-refractivity contribution >= 4 is 27.5 Å². The highest BCUT2D eigenvalue weighted by molar-refractivity contribution is 7.89. The number of amides is 2. The molecule has 0 aromatic heterocycles. The highest BCUT2D eigenvalue weighted by atomic mass is 32.2. The molecule has 1 aromatic rings. The standard InChI is InChI=1S/C25H35N3O4S/c1-16-6-7-20(12-22(16)33(31,32)27(2)3)26-23(29)21-5-4-8-28(21)24(30)25-13-17-9-18(14-25)11-19(10-17)15-25/h6-7,12,17-19,21H,4-5,8-11,13-15H2,1-3H3,(H,26,29). The van der Waals surface area contributed by atoms with Gasteiger partial charge in [0, 0.05) is 26.3 Å². The zero-order valence-corrected chi connectivity index (χ0v) is 20.7. The Morgan fingerprint density at radius 1 is 1.06 bits per heavy atom. The number of aryl methyl sites for hydroxylation is 1. The molecule has 4 aliphatic carbocycles. The maximum absolute atomic E-state index is 13.8. The maximum Gasteiger partial charge on any atom is 0.247 e. The number of hydrogen-bond acceptors (Lipinski definition) is 4. The predicted octanol–water partition coefficient (Wildman–Crippen LogP) is 3.39. The molecule has 1 aliphatic heterocycles. The third kappa shape index (κ3) is 3.89. The van der Waals surface area contributed by atoms with Gasteiger partial charge < -0.3 is 10.2 Å². The number of carbonyl (C=O) groups excluding carboxylic acids is 2. The molecule has 8 heteroatoms. The normalized spacial score (nSPS) is 33.0. The third-order valence-corrected chi connectivity index (χ3v) is 10.5. The van der Waals surface area contributed by atoms with Gasteiger partial charge in [-0.2, -0.15) is 0 Å². The molecule has 1 aromatic carbocycles. The van der Waals surface area contributed by atoms with Crippen LogP contribution in [0.15, 0.2) is 23.1 Å². The van der Waals surface area contributed by atoms with Crippen molar-refractivity contribution in [2.45, 2.75) is 69.2 Å². The van der Waals surface area contributed by atoms with Gasteiger partial charge in [0.25, 0.3) is 0 Å². The Labute approximate surface area is 196 Å². The summed E-state index contributed by atoms with van der Waals surface area (Å²) in [5, 5.41) is 2.91. The van der Waals surface area contributed by atoms with Crippen molar-refractivity contribution in [3.63, 3.8) is 0 Å². The number of rotatable bonds is 5. The molecule has 4 bridgehead atoms. The Kier molecular flexibility index (Phi) is 5.59. The Morgan fingerprint density at radius 2 is 1.67 bits per heavy atom. The van der Waals surface area contributed by atoms with Crippen LogP contribution in [0.3, 0.4) is 0 Å². The van der Waals surface area contributed by atoms with E-state index < -0.39 is 16.1 Å². The van der Waals surface area contributed by atoms with E-state index in [2.05, 4.69) is 5.32 Å². The van der Waals surface area contributed by atoms with E-state index in [-0.39, 0.29) is 22.1 Å². The van der Waals surface area contributed by atoms with Crippen molar-refractivity contribution in [2.24, 2.45) is 23.2 Å². The van der Waals surface area contributed by atoms with Crippen LogP contribution in [0.4, 0.5) is 5.69 Å². The molecular formula is C25H35N3O4S. The molecule has 0 spiro atoms. The first kappa shape index (κ1) is 22.8. The Morgan fingerprint density at radius 3 is 2.24 bits per heavy atom. The van der Waals surface area contributed by atoms with Crippen LogP contribution >= 0.6 is 0 Å². The second kappa shape index (κ2) is 8.08. The quantitative estimate of drug-likeness (QED) is 0.710. The highest BCUT2D eigenvalue weighted by Gasteiger charge is 2.56. The molecule has 0 radical (unpaired) electrons. The van der Waals surface area contributed by atoms with E-state index in [1.807, 2.05) is 4.90 Å². The average molecular weight is 474 g/mol. The first-order chi connectivity index (χ1) is 15.6. The number of likely N-dealkylation sites (tertiary alicyclic amines) is 1. The molecule has 1 atom stereocenters. The van der Waals surface area contributed by atoms with Gasteiger partial charge in [0.2, 0.25) is 21.8 Å². The molecule has 2 amide bonds. The van der Waals surface area contributed by atoms with Crippen LogP contribution in [0.1, 0.15) is 56.9 Å². The molecule has 4 saturated carbocycles. The zero-order chi connectivity index (χ0) is 23.5. The van der Waals surface area contributed by atoms with E-state index in [1.165, 1.54) is 43.7 Å². The van der Waals surface area contributed by atoms with Gasteiger partial charge in [0.05, 0.1) is 10.3 Å². The molecule has 1 unspecified atom stereocenters. The van der Waals surface area contributed by atoms with Crippen molar-refractivity contribution in [1.29, 1.82) is 0 Å². The number of sulfonamides is 1. The lowest BCUT2D eigenvalue weighted by atomic mass is 9.49. The lowest BCUT2D eigenvalue weighted by Gasteiger charge is -2.56. The van der Waals surface area contributed by atoms with Gasteiger partial charge in [-0.05, 0) is 93.7 Å². The summed E-state index contributed by atoms with van der Waals surface area (Å²) >= 11 is 0. The van der Waals surface area contributed by atoms with Crippen molar-refractivity contribution in [3.8, 4) is 0 Å². The van der Waals surface area contributed by atoms with Crippen LogP contribution in [0, 0.1) is 30.1 Å². The van der Waals surface area contributed by atoms with Gasteiger partial charge in [-0.25, -0.2) is 12.7 Å². The minimum absolute atomic E-state index is 0.179. The zero-order valence-electron chi connectivity index (χ0n) is 19.8. The van der Waals surface area contributed by atoms with Gasteiger partial charge in [-0.3, -0.25) is 9.59 Å². The van der Waals surface area contributed by atoms with E-state index in [0.29, 0.717) is 42.0 Å². The molecule has 180 valence electrons. The van der Waals surface area contributed by atoms with Crippen molar-refractivity contribution in [1.82, 2.24) is 9.21 Å². The Bertz CT molecular complexity index is 1050. The van der Waals surface area contributed by atoms with Crippen LogP contribution in [-0.2, 0) is 19.6 Å². The minimum atomic E-state index is -3.62. The molecule has 1 heterocycles. The average Bonchev–Trinajstić information content (AvgIpc) is 3.23. The lowest BCUT2D eigenvalue weighted by molar-refractivity contribution is -0.160. The molecule has 5 aliphatic rings. The smallest absolute Gasteiger partial charge is 0.247 e. The number of carbonyl (C=O) groups is 2. The lowest BCUT2D eigenvalue weighted by Crippen LogP contribution is -2.56. The molecule has 1 N–H and O–H groups in total. The number of anilines is 1. The number of benzene rings is 1. The van der Waals surface area contributed by atoms with Crippen molar-refractivity contribution in [3.05, 3.63) is 23.8 Å². The second-order valence-corrected chi connectivity index (χ2v) is 13.2. The summed E-state index contributed by atoms with van der Waals surface area (Å²) in [7, 11) is -0.632. The molecule has 5 fully saturated rings. The predicted molar refractivity (Wildman–Crippen MR) is 126 cm³/mol. The summed E-state index contributed by atoms with van der Waals surface area (Å²) < 4.78 is 26.5. The van der Waals surface area contributed by atoms with Gasteiger partial charge in [0.1, 0.15) is 6.04 Å². The fourth-order valence-electron chi connectivity index (χ4n) is 7.34. The van der Waals surface area contributed by atoms with Crippen LogP contribution in [-0.4, -0.2) is 56.1 Å². The summed E-state index contributed by atoms with van der Waals surface area (Å²) in [5.41, 5.74) is 0.815. The van der Waals surface area contributed by atoms with Crippen LogP contribution in [0.5, 0.6) is 0 Å². The number of hydrogen-bond donors (Lipinski definition) is 1. The fraction of sp³-hybridized carbons (Fsp3) is 0.680. The minimum Gasteiger partial charge on any atom is -0.330 e. The monoisotopic (exact) mass is 473 g/mol. The number of nitrogens with one attached hydrogen (secondary N) is 1. The third-order valence-electron chi connectivity index (χ3n) is 8.52. The summed E-state index contributed by atoms with van der Waals surface area (Å²) in [6.07, 6.45) is 8.29. The molecule has 1 saturated heterocycles. The second-order valence-electron chi connectivity index (χ2n) is 11.1. The van der Waals surface area contributed by atoms with Gasteiger partial charge >= 0.3 is 0 Å². The summed E-state index contributed by atoms with van der Waals surface area (Å²) in [5.74, 6) is 2.01. The molecule has 7 nitrogen and oxygen atoms in total. The van der Waals surface area contributed by atoms with E-state index in [0.717, 1.165) is 25.7 Å². The molecule has 33 heavy (non-hydrogen) atoms. The molecular weight excluding hydrogens is 438 g/mol. The first-order valence-corrected chi connectivity index (χ1v) is 13.7. The Balaban J connectivity index is 1.34. The van der Waals surface area contributed by atoms with Gasteiger partial charge in [-0.1, -0.05) is 6.07 Å². The van der Waals surface area contributed by atoms with Gasteiger partial charge in [0.15, 0.2) is 0 Å². The van der Waals surface area contributed by atoms with Crippen molar-refractivity contribution in [2.75, 3.05) is 26.0 Å². The van der Waals surface area contributed by atoms with E-state index >= 15 is 0 Å². The fourth-order valence-corrected chi connectivity index (χ4v) is 8.48. The SMILES string of the molecule is Cc1ccc(NC(=O)C2CCCN2C(=O)C23CC4CC(CC(C4)C2)C3)cc1S(=O)(=O)N(C)C. The van der Waals surface area contributed by atoms with Gasteiger partial charge in [-0.15, -0.1) is 0 Å². The van der Waals surface area contributed by atoms with Crippen LogP contribution in [0.2, 0.25) is 0 Å².